The molecule has 0 aliphatic carbocycles. The zero-order chi connectivity index (χ0) is 11.3. The van der Waals surface area contributed by atoms with Gasteiger partial charge in [0.1, 0.15) is 0 Å². The van der Waals surface area contributed by atoms with Crippen LogP contribution < -0.4 is 5.73 Å². The van der Waals surface area contributed by atoms with E-state index in [1.165, 1.54) is 6.42 Å². The van der Waals surface area contributed by atoms with Crippen molar-refractivity contribution in [3.63, 3.8) is 0 Å². The second-order valence-electron chi connectivity index (χ2n) is 4.52. The van der Waals surface area contributed by atoms with Crippen LogP contribution in [-0.2, 0) is 4.79 Å². The molecule has 1 atom stereocenters. The number of likely N-dealkylation sites (tertiary alicyclic amines) is 1. The molecule has 0 aromatic carbocycles. The Morgan fingerprint density at radius 3 is 2.93 bits per heavy atom. The van der Waals surface area contributed by atoms with E-state index in [1.807, 2.05) is 4.90 Å². The van der Waals surface area contributed by atoms with E-state index in [4.69, 9.17) is 5.73 Å². The molecule has 1 rings (SSSR count). The molecule has 4 nitrogen and oxygen atoms in total. The molecule has 2 N–H and O–H groups in total. The lowest BCUT2D eigenvalue weighted by Gasteiger charge is -2.34. The van der Waals surface area contributed by atoms with E-state index >= 15 is 0 Å². The van der Waals surface area contributed by atoms with Gasteiger partial charge in [0.25, 0.3) is 0 Å². The van der Waals surface area contributed by atoms with Crippen LogP contribution in [0.4, 0.5) is 0 Å². The van der Waals surface area contributed by atoms with Gasteiger partial charge in [0.2, 0.25) is 5.91 Å². The molecule has 0 radical (unpaired) electrons. The Balaban J connectivity index is 2.32. The first-order valence-electron chi connectivity index (χ1n) is 5.77. The molecule has 1 amide bonds. The Labute approximate surface area is 92.4 Å². The SMILES string of the molecule is CC(=O)N1CCC[C@@H](CN(C)CCN)C1. The summed E-state index contributed by atoms with van der Waals surface area (Å²) in [4.78, 5) is 15.5. The van der Waals surface area contributed by atoms with Crippen molar-refractivity contribution in [2.24, 2.45) is 11.7 Å². The average Bonchev–Trinajstić information content (AvgIpc) is 2.18. The summed E-state index contributed by atoms with van der Waals surface area (Å²) in [5.41, 5.74) is 5.50. The van der Waals surface area contributed by atoms with Gasteiger partial charge in [0.05, 0.1) is 0 Å². The fourth-order valence-corrected chi connectivity index (χ4v) is 2.25. The number of nitrogens with zero attached hydrogens (tertiary/aromatic N) is 2. The highest BCUT2D eigenvalue weighted by Gasteiger charge is 2.22. The predicted octanol–water partition coefficient (Wildman–Crippen LogP) is 0.135. The van der Waals surface area contributed by atoms with Crippen LogP contribution in [0.15, 0.2) is 0 Å². The topological polar surface area (TPSA) is 49.6 Å². The second kappa shape index (κ2) is 6.08. The van der Waals surface area contributed by atoms with Crippen LogP contribution >= 0.6 is 0 Å². The van der Waals surface area contributed by atoms with Crippen molar-refractivity contribution in [1.82, 2.24) is 9.80 Å². The molecule has 0 saturated carbocycles. The number of amides is 1. The fourth-order valence-electron chi connectivity index (χ4n) is 2.25. The molecule has 0 bridgehead atoms. The summed E-state index contributed by atoms with van der Waals surface area (Å²) >= 11 is 0. The third-order valence-corrected chi connectivity index (χ3v) is 3.05. The fraction of sp³-hybridized carbons (Fsp3) is 0.909. The molecule has 4 heteroatoms. The second-order valence-corrected chi connectivity index (χ2v) is 4.52. The maximum absolute atomic E-state index is 11.2. The minimum atomic E-state index is 0.209. The summed E-state index contributed by atoms with van der Waals surface area (Å²) in [6.07, 6.45) is 2.37. The van der Waals surface area contributed by atoms with E-state index in [-0.39, 0.29) is 5.91 Å². The van der Waals surface area contributed by atoms with Crippen molar-refractivity contribution in [2.75, 3.05) is 39.8 Å². The summed E-state index contributed by atoms with van der Waals surface area (Å²) in [6.45, 7) is 6.22. The van der Waals surface area contributed by atoms with Crippen LogP contribution in [0.25, 0.3) is 0 Å². The van der Waals surface area contributed by atoms with Crippen LogP contribution in [0.3, 0.4) is 0 Å². The number of piperidine rings is 1. The molecular formula is C11H23N3O. The first-order chi connectivity index (χ1) is 7.13. The first-order valence-corrected chi connectivity index (χ1v) is 5.77. The Bertz CT molecular complexity index is 208. The zero-order valence-electron chi connectivity index (χ0n) is 9.91. The number of hydrogen-bond donors (Lipinski definition) is 1. The maximum atomic E-state index is 11.2. The number of likely N-dealkylation sites (N-methyl/N-ethyl adjacent to an activating group) is 1. The van der Waals surface area contributed by atoms with Crippen LogP contribution in [0, 0.1) is 5.92 Å². The average molecular weight is 213 g/mol. The lowest BCUT2D eigenvalue weighted by atomic mass is 9.97. The minimum absolute atomic E-state index is 0.209. The van der Waals surface area contributed by atoms with E-state index in [0.717, 1.165) is 32.6 Å². The van der Waals surface area contributed by atoms with E-state index in [9.17, 15) is 4.79 Å². The normalized spacial score (nSPS) is 22.1. The van der Waals surface area contributed by atoms with E-state index in [1.54, 1.807) is 6.92 Å². The van der Waals surface area contributed by atoms with Crippen molar-refractivity contribution in [3.05, 3.63) is 0 Å². The molecule has 1 aliphatic heterocycles. The summed E-state index contributed by atoms with van der Waals surface area (Å²) < 4.78 is 0. The van der Waals surface area contributed by atoms with Crippen LogP contribution in [-0.4, -0.2) is 55.5 Å². The molecule has 0 unspecified atom stereocenters. The van der Waals surface area contributed by atoms with Gasteiger partial charge in [-0.15, -0.1) is 0 Å². The lowest BCUT2D eigenvalue weighted by Crippen LogP contribution is -2.42. The first kappa shape index (κ1) is 12.5. The van der Waals surface area contributed by atoms with Crippen LogP contribution in [0.5, 0.6) is 0 Å². The van der Waals surface area contributed by atoms with Gasteiger partial charge in [-0.25, -0.2) is 0 Å². The Kier molecular flexibility index (Phi) is 5.05. The Hall–Kier alpha value is -0.610. The smallest absolute Gasteiger partial charge is 0.219 e. The van der Waals surface area contributed by atoms with E-state index in [0.29, 0.717) is 12.5 Å². The van der Waals surface area contributed by atoms with Gasteiger partial charge in [-0.05, 0) is 25.8 Å². The van der Waals surface area contributed by atoms with E-state index in [2.05, 4.69) is 11.9 Å². The van der Waals surface area contributed by atoms with Gasteiger partial charge in [-0.3, -0.25) is 4.79 Å². The number of carbonyl (C=O) groups is 1. The van der Waals surface area contributed by atoms with Gasteiger partial charge in [-0.2, -0.15) is 0 Å². The highest BCUT2D eigenvalue weighted by molar-refractivity contribution is 5.73. The van der Waals surface area contributed by atoms with E-state index < -0.39 is 0 Å². The third-order valence-electron chi connectivity index (χ3n) is 3.05. The van der Waals surface area contributed by atoms with Gasteiger partial charge in [0.15, 0.2) is 0 Å². The van der Waals surface area contributed by atoms with Crippen LogP contribution in [0.1, 0.15) is 19.8 Å². The maximum Gasteiger partial charge on any atom is 0.219 e. The Morgan fingerprint density at radius 1 is 1.60 bits per heavy atom. The molecule has 88 valence electrons. The van der Waals surface area contributed by atoms with Gasteiger partial charge in [-0.1, -0.05) is 0 Å². The summed E-state index contributed by atoms with van der Waals surface area (Å²) in [7, 11) is 2.10. The molecule has 1 saturated heterocycles. The van der Waals surface area contributed by atoms with Crippen molar-refractivity contribution < 1.29 is 4.79 Å². The summed E-state index contributed by atoms with van der Waals surface area (Å²) in [5, 5.41) is 0. The monoisotopic (exact) mass is 213 g/mol. The number of carbonyl (C=O) groups excluding carboxylic acids is 1. The van der Waals surface area contributed by atoms with Crippen molar-refractivity contribution >= 4 is 5.91 Å². The number of rotatable bonds is 4. The zero-order valence-corrected chi connectivity index (χ0v) is 9.91. The quantitative estimate of drug-likeness (QED) is 0.722. The largest absolute Gasteiger partial charge is 0.343 e. The van der Waals surface area contributed by atoms with Crippen LogP contribution in [0.2, 0.25) is 0 Å². The molecule has 0 spiro atoms. The summed E-state index contributed by atoms with van der Waals surface area (Å²) in [6, 6.07) is 0. The molecular weight excluding hydrogens is 190 g/mol. The van der Waals surface area contributed by atoms with Gasteiger partial charge < -0.3 is 15.5 Å². The van der Waals surface area contributed by atoms with Crippen molar-refractivity contribution in [1.29, 1.82) is 0 Å². The number of nitrogens with two attached hydrogens (primary N) is 1. The highest BCUT2D eigenvalue weighted by atomic mass is 16.2. The molecule has 0 aromatic rings. The lowest BCUT2D eigenvalue weighted by molar-refractivity contribution is -0.130. The molecule has 15 heavy (non-hydrogen) atoms. The minimum Gasteiger partial charge on any atom is -0.343 e. The molecule has 0 aromatic heterocycles. The predicted molar refractivity (Wildman–Crippen MR) is 61.5 cm³/mol. The standard InChI is InChI=1S/C11H23N3O/c1-10(15)14-6-3-4-11(9-14)8-13(2)7-5-12/h11H,3-9,12H2,1-2H3/t11-/m0/s1. The van der Waals surface area contributed by atoms with Gasteiger partial charge >= 0.3 is 0 Å². The van der Waals surface area contributed by atoms with Crippen molar-refractivity contribution in [2.45, 2.75) is 19.8 Å². The summed E-state index contributed by atoms with van der Waals surface area (Å²) in [5.74, 6) is 0.834. The van der Waals surface area contributed by atoms with Gasteiger partial charge in [0, 0.05) is 39.6 Å². The molecule has 1 heterocycles. The molecule has 1 aliphatic rings. The highest BCUT2D eigenvalue weighted by Crippen LogP contribution is 2.17. The Morgan fingerprint density at radius 2 is 2.33 bits per heavy atom. The third kappa shape index (κ3) is 4.18. The number of hydrogen-bond acceptors (Lipinski definition) is 3. The van der Waals surface area contributed by atoms with Crippen molar-refractivity contribution in [3.8, 4) is 0 Å². The molecule has 1 fully saturated rings.